The lowest BCUT2D eigenvalue weighted by molar-refractivity contribution is -0.121. The van der Waals surface area contributed by atoms with E-state index in [4.69, 9.17) is 4.74 Å². The number of carbonyl (C=O) groups is 1. The summed E-state index contributed by atoms with van der Waals surface area (Å²) in [5, 5.41) is 2.85. The van der Waals surface area contributed by atoms with Gasteiger partial charge in [-0.2, -0.15) is 0 Å². The van der Waals surface area contributed by atoms with Gasteiger partial charge in [-0.05, 0) is 54.5 Å². The highest BCUT2D eigenvalue weighted by atomic mass is 32.2. The van der Waals surface area contributed by atoms with Crippen LogP contribution in [0.3, 0.4) is 0 Å². The van der Waals surface area contributed by atoms with Gasteiger partial charge in [0.25, 0.3) is 0 Å². The number of hydrogen-bond donors (Lipinski definition) is 1. The van der Waals surface area contributed by atoms with Crippen LogP contribution in [-0.2, 0) is 34.1 Å². The molecule has 1 N–H and O–H groups in total. The van der Waals surface area contributed by atoms with E-state index in [2.05, 4.69) is 24.4 Å². The minimum atomic E-state index is -3.46. The lowest BCUT2D eigenvalue weighted by atomic mass is 10.0. The van der Waals surface area contributed by atoms with Crippen LogP contribution in [0.5, 0.6) is 5.75 Å². The van der Waals surface area contributed by atoms with Gasteiger partial charge in [-0.15, -0.1) is 0 Å². The molecule has 0 saturated carbocycles. The van der Waals surface area contributed by atoms with Crippen molar-refractivity contribution >= 4 is 21.6 Å². The minimum Gasteiger partial charge on any atom is -0.492 e. The summed E-state index contributed by atoms with van der Waals surface area (Å²) in [6.45, 7) is 7.26. The van der Waals surface area contributed by atoms with Gasteiger partial charge in [0.2, 0.25) is 15.9 Å². The van der Waals surface area contributed by atoms with E-state index in [1.165, 1.54) is 16.1 Å². The number of amides is 1. The summed E-state index contributed by atoms with van der Waals surface area (Å²) in [6.07, 6.45) is 5.59. The zero-order chi connectivity index (χ0) is 24.3. The summed E-state index contributed by atoms with van der Waals surface area (Å²) in [5.74, 6) is 0.680. The molecule has 0 heterocycles. The van der Waals surface area contributed by atoms with Gasteiger partial charge in [0.15, 0.2) is 0 Å². The van der Waals surface area contributed by atoms with Crippen LogP contribution in [0.1, 0.15) is 56.7 Å². The quantitative estimate of drug-likeness (QED) is 0.409. The molecule has 0 aliphatic heterocycles. The fraction of sp³-hybridized carbons (Fsp3) is 0.500. The molecular formula is C26H38N2O4S. The zero-order valence-electron chi connectivity index (χ0n) is 20.4. The molecule has 0 aliphatic carbocycles. The number of anilines is 1. The zero-order valence-corrected chi connectivity index (χ0v) is 21.2. The van der Waals surface area contributed by atoms with Crippen LogP contribution in [-0.4, -0.2) is 40.3 Å². The van der Waals surface area contributed by atoms with E-state index in [0.29, 0.717) is 19.6 Å². The number of nitrogens with one attached hydrogen (secondary N) is 1. The molecule has 1 amide bonds. The molecule has 2 aromatic rings. The van der Waals surface area contributed by atoms with E-state index < -0.39 is 10.0 Å². The summed E-state index contributed by atoms with van der Waals surface area (Å²) >= 11 is 0. The average Bonchev–Trinajstić information content (AvgIpc) is 2.79. The summed E-state index contributed by atoms with van der Waals surface area (Å²) in [4.78, 5) is 12.3. The third-order valence-corrected chi connectivity index (χ3v) is 6.70. The normalized spacial score (nSPS) is 11.3. The highest BCUT2D eigenvalue weighted by Crippen LogP contribution is 2.29. The van der Waals surface area contributed by atoms with Crippen molar-refractivity contribution in [1.82, 2.24) is 5.32 Å². The summed E-state index contributed by atoms with van der Waals surface area (Å²) < 4.78 is 32.3. The van der Waals surface area contributed by atoms with Crippen LogP contribution < -0.4 is 14.4 Å². The Morgan fingerprint density at radius 1 is 1.00 bits per heavy atom. The molecule has 7 heteroatoms. The Labute approximate surface area is 199 Å². The van der Waals surface area contributed by atoms with E-state index >= 15 is 0 Å². The number of sulfonamides is 1. The molecule has 0 bridgehead atoms. The van der Waals surface area contributed by atoms with Crippen LogP contribution in [0.4, 0.5) is 5.69 Å². The first kappa shape index (κ1) is 26.7. The molecule has 182 valence electrons. The number of carbonyl (C=O) groups excluding carboxylic acids is 1. The molecule has 0 aliphatic rings. The molecule has 0 fully saturated rings. The minimum absolute atomic E-state index is 0.107. The number of ether oxygens (including phenoxy) is 1. The molecule has 0 aromatic heterocycles. The summed E-state index contributed by atoms with van der Waals surface area (Å²) in [5.41, 5.74) is 4.06. The lowest BCUT2D eigenvalue weighted by Gasteiger charge is -2.27. The first-order chi connectivity index (χ1) is 15.8. The SMILES string of the molecule is CCCc1ccc(OCCNC(=O)CCCN(c2c(CC)cccc2CC)S(C)(=O)=O)cc1. The monoisotopic (exact) mass is 474 g/mol. The number of para-hydroxylation sites is 1. The molecule has 0 unspecified atom stereocenters. The second-order valence-electron chi connectivity index (χ2n) is 8.16. The van der Waals surface area contributed by atoms with Gasteiger partial charge in [0.1, 0.15) is 12.4 Å². The van der Waals surface area contributed by atoms with Crippen molar-refractivity contribution in [2.75, 3.05) is 30.3 Å². The third kappa shape index (κ3) is 8.39. The van der Waals surface area contributed by atoms with Crippen molar-refractivity contribution in [2.45, 2.75) is 59.3 Å². The Morgan fingerprint density at radius 3 is 2.18 bits per heavy atom. The average molecular weight is 475 g/mol. The van der Waals surface area contributed by atoms with Crippen LogP contribution in [0.25, 0.3) is 0 Å². The number of benzene rings is 2. The Hall–Kier alpha value is -2.54. The van der Waals surface area contributed by atoms with E-state index in [1.807, 2.05) is 44.2 Å². The maximum absolute atomic E-state index is 12.6. The Bertz CT molecular complexity index is 966. The van der Waals surface area contributed by atoms with E-state index in [0.717, 1.165) is 48.2 Å². The van der Waals surface area contributed by atoms with Crippen molar-refractivity contribution < 1.29 is 17.9 Å². The lowest BCUT2D eigenvalue weighted by Crippen LogP contribution is -2.34. The van der Waals surface area contributed by atoms with Crippen LogP contribution >= 0.6 is 0 Å². The summed E-state index contributed by atoms with van der Waals surface area (Å²) in [7, 11) is -3.46. The maximum atomic E-state index is 12.6. The molecule has 0 radical (unpaired) electrons. The Morgan fingerprint density at radius 2 is 1.64 bits per heavy atom. The van der Waals surface area contributed by atoms with Crippen LogP contribution in [0.15, 0.2) is 42.5 Å². The molecular weight excluding hydrogens is 436 g/mol. The van der Waals surface area contributed by atoms with Crippen molar-refractivity contribution in [3.05, 3.63) is 59.2 Å². The van der Waals surface area contributed by atoms with Crippen molar-refractivity contribution in [3.8, 4) is 5.75 Å². The van der Waals surface area contributed by atoms with Crippen molar-refractivity contribution in [3.63, 3.8) is 0 Å². The summed E-state index contributed by atoms with van der Waals surface area (Å²) in [6, 6.07) is 13.9. The van der Waals surface area contributed by atoms with Gasteiger partial charge < -0.3 is 10.1 Å². The Balaban J connectivity index is 1.84. The second-order valence-corrected chi connectivity index (χ2v) is 10.1. The fourth-order valence-electron chi connectivity index (χ4n) is 3.85. The molecule has 0 spiro atoms. The number of rotatable bonds is 14. The van der Waals surface area contributed by atoms with Crippen LogP contribution in [0, 0.1) is 0 Å². The van der Waals surface area contributed by atoms with E-state index in [-0.39, 0.29) is 18.9 Å². The smallest absolute Gasteiger partial charge is 0.232 e. The van der Waals surface area contributed by atoms with Crippen molar-refractivity contribution in [2.24, 2.45) is 0 Å². The third-order valence-electron chi connectivity index (χ3n) is 5.53. The number of hydrogen-bond acceptors (Lipinski definition) is 4. The van der Waals surface area contributed by atoms with E-state index in [1.54, 1.807) is 0 Å². The predicted octanol–water partition coefficient (Wildman–Crippen LogP) is 4.51. The van der Waals surface area contributed by atoms with Gasteiger partial charge in [0.05, 0.1) is 18.5 Å². The molecule has 0 saturated heterocycles. The topological polar surface area (TPSA) is 75.7 Å². The molecule has 2 rings (SSSR count). The van der Waals surface area contributed by atoms with Gasteiger partial charge in [-0.1, -0.05) is 57.5 Å². The van der Waals surface area contributed by atoms with Gasteiger partial charge in [-0.3, -0.25) is 9.10 Å². The van der Waals surface area contributed by atoms with Crippen LogP contribution in [0.2, 0.25) is 0 Å². The van der Waals surface area contributed by atoms with Gasteiger partial charge in [-0.25, -0.2) is 8.42 Å². The Kier molecular flexibility index (Phi) is 10.7. The molecule has 6 nitrogen and oxygen atoms in total. The van der Waals surface area contributed by atoms with Gasteiger partial charge in [0, 0.05) is 13.0 Å². The first-order valence-corrected chi connectivity index (χ1v) is 13.7. The molecule has 0 atom stereocenters. The standard InChI is InChI=1S/C26H38N2O4S/c1-5-10-21-14-16-24(17-15-21)32-20-18-27-25(29)13-9-19-28(33(4,30)31)26-22(6-2)11-8-12-23(26)7-3/h8,11-12,14-17H,5-7,9-10,13,18-20H2,1-4H3,(H,27,29). The first-order valence-electron chi connectivity index (χ1n) is 11.9. The van der Waals surface area contributed by atoms with Crippen molar-refractivity contribution in [1.29, 1.82) is 0 Å². The second kappa shape index (κ2) is 13.2. The highest BCUT2D eigenvalue weighted by Gasteiger charge is 2.22. The fourth-order valence-corrected chi connectivity index (χ4v) is 4.88. The van der Waals surface area contributed by atoms with Gasteiger partial charge >= 0.3 is 0 Å². The number of nitrogens with zero attached hydrogens (tertiary/aromatic N) is 1. The maximum Gasteiger partial charge on any atom is 0.232 e. The largest absolute Gasteiger partial charge is 0.492 e. The highest BCUT2D eigenvalue weighted by molar-refractivity contribution is 7.92. The molecule has 33 heavy (non-hydrogen) atoms. The number of aryl methyl sites for hydroxylation is 3. The molecule has 2 aromatic carbocycles. The van der Waals surface area contributed by atoms with E-state index in [9.17, 15) is 13.2 Å². The predicted molar refractivity (Wildman–Crippen MR) is 136 cm³/mol.